The Hall–Kier alpha value is -2.60. The highest BCUT2D eigenvalue weighted by molar-refractivity contribution is 7.89. The van der Waals surface area contributed by atoms with Crippen molar-refractivity contribution in [1.82, 2.24) is 0 Å². The minimum absolute atomic E-state index is 0.0831. The van der Waals surface area contributed by atoms with Crippen LogP contribution < -0.4 is 0 Å². The van der Waals surface area contributed by atoms with Crippen molar-refractivity contribution in [2.45, 2.75) is 9.79 Å². The molecule has 0 saturated carbocycles. The Morgan fingerprint density at radius 3 is 1.68 bits per heavy atom. The molecule has 0 radical (unpaired) electrons. The lowest BCUT2D eigenvalue weighted by Crippen LogP contribution is -2.25. The quantitative estimate of drug-likeness (QED) is 0.538. The van der Waals surface area contributed by atoms with Gasteiger partial charge in [-0.25, -0.2) is 0 Å². The number of phenols is 1. The molecule has 0 aromatic heterocycles. The smallest absolute Gasteiger partial charge is 0.299 e. The number of phenolic OH excluding ortho intramolecular Hbond substituents is 1. The van der Waals surface area contributed by atoms with Crippen molar-refractivity contribution < 1.29 is 40.6 Å². The Bertz CT molecular complexity index is 1180. The van der Waals surface area contributed by atoms with E-state index < -0.39 is 58.5 Å². The molecule has 11 heteroatoms. The van der Waals surface area contributed by atoms with Crippen molar-refractivity contribution in [3.05, 3.63) is 52.6 Å². The van der Waals surface area contributed by atoms with Gasteiger partial charge in [0, 0.05) is 16.7 Å². The Morgan fingerprint density at radius 2 is 1.20 bits per heavy atom. The first-order chi connectivity index (χ1) is 11.4. The van der Waals surface area contributed by atoms with Gasteiger partial charge in [0.2, 0.25) is 0 Å². The lowest BCUT2D eigenvalue weighted by molar-refractivity contribution is 0.0975. The molecule has 130 valence electrons. The van der Waals surface area contributed by atoms with E-state index in [2.05, 4.69) is 0 Å². The van der Waals surface area contributed by atoms with Crippen LogP contribution in [0, 0.1) is 0 Å². The molecule has 0 saturated heterocycles. The highest BCUT2D eigenvalue weighted by Crippen LogP contribution is 2.39. The highest BCUT2D eigenvalue weighted by Gasteiger charge is 2.40. The molecule has 3 rings (SSSR count). The fourth-order valence-corrected chi connectivity index (χ4v) is 4.78. The number of carbonyl (C=O) groups excluding carboxylic acids is 2. The van der Waals surface area contributed by atoms with E-state index >= 15 is 0 Å². The number of rotatable bonds is 2. The number of carbonyl (C=O) groups is 2. The van der Waals surface area contributed by atoms with Crippen molar-refractivity contribution in [3.63, 3.8) is 0 Å². The molecule has 25 heavy (non-hydrogen) atoms. The summed E-state index contributed by atoms with van der Waals surface area (Å²) >= 11 is 0. The van der Waals surface area contributed by atoms with Crippen molar-refractivity contribution in [2.24, 2.45) is 0 Å². The maximum atomic E-state index is 12.6. The van der Waals surface area contributed by atoms with Gasteiger partial charge in [-0.2, -0.15) is 16.8 Å². The summed E-state index contributed by atoms with van der Waals surface area (Å²) in [5.74, 6) is -3.20. The van der Waals surface area contributed by atoms with Gasteiger partial charge in [0.05, 0.1) is 5.56 Å². The third-order valence-electron chi connectivity index (χ3n) is 3.62. The van der Waals surface area contributed by atoms with Crippen molar-refractivity contribution in [1.29, 1.82) is 0 Å². The average Bonchev–Trinajstić information content (AvgIpc) is 2.49. The zero-order chi connectivity index (χ0) is 18.7. The molecular weight excluding hydrogens is 376 g/mol. The van der Waals surface area contributed by atoms with Crippen LogP contribution in [0.5, 0.6) is 5.75 Å². The molecule has 9 nitrogen and oxygen atoms in total. The van der Waals surface area contributed by atoms with Crippen LogP contribution in [0.25, 0.3) is 0 Å². The maximum absolute atomic E-state index is 12.6. The Kier molecular flexibility index (Phi) is 3.58. The SMILES string of the molecule is O=C1c2ccccc2C(=O)c2c1cc(O)c(S(=O)(=O)O)c2S(=O)(=O)O. The molecule has 3 N–H and O–H groups in total. The Labute approximate surface area is 141 Å². The van der Waals surface area contributed by atoms with Crippen LogP contribution in [0.1, 0.15) is 31.8 Å². The molecular formula is C14H8O9S2. The van der Waals surface area contributed by atoms with E-state index in [4.69, 9.17) is 0 Å². The summed E-state index contributed by atoms with van der Waals surface area (Å²) in [7, 11) is -10.8. The van der Waals surface area contributed by atoms with Gasteiger partial charge in [-0.05, 0) is 6.07 Å². The van der Waals surface area contributed by atoms with Crippen LogP contribution in [-0.4, -0.2) is 42.6 Å². The van der Waals surface area contributed by atoms with E-state index in [1.165, 1.54) is 24.3 Å². The largest absolute Gasteiger partial charge is 0.506 e. The first-order valence-corrected chi connectivity index (χ1v) is 9.36. The number of aromatic hydroxyl groups is 1. The van der Waals surface area contributed by atoms with Gasteiger partial charge in [-0.15, -0.1) is 0 Å². The van der Waals surface area contributed by atoms with Gasteiger partial charge in [0.15, 0.2) is 16.5 Å². The van der Waals surface area contributed by atoms with E-state index in [1.54, 1.807) is 0 Å². The van der Waals surface area contributed by atoms with Crippen LogP contribution in [0.2, 0.25) is 0 Å². The normalized spacial score (nSPS) is 14.2. The number of hydrogen-bond acceptors (Lipinski definition) is 7. The first kappa shape index (κ1) is 17.2. The van der Waals surface area contributed by atoms with Crippen LogP contribution in [0.4, 0.5) is 0 Å². The summed E-state index contributed by atoms with van der Waals surface area (Å²) in [6, 6.07) is 5.91. The summed E-state index contributed by atoms with van der Waals surface area (Å²) in [6.45, 7) is 0. The minimum Gasteiger partial charge on any atom is -0.506 e. The van der Waals surface area contributed by atoms with Crippen LogP contribution in [-0.2, 0) is 20.2 Å². The van der Waals surface area contributed by atoms with E-state index in [0.717, 1.165) is 0 Å². The molecule has 1 aliphatic rings. The van der Waals surface area contributed by atoms with Gasteiger partial charge < -0.3 is 5.11 Å². The lowest BCUT2D eigenvalue weighted by Gasteiger charge is -2.21. The lowest BCUT2D eigenvalue weighted by atomic mass is 9.84. The van der Waals surface area contributed by atoms with E-state index in [1.807, 2.05) is 0 Å². The topological polar surface area (TPSA) is 163 Å². The predicted octanol–water partition coefficient (Wildman–Crippen LogP) is 0.661. The second kappa shape index (κ2) is 5.20. The summed E-state index contributed by atoms with van der Waals surface area (Å²) in [5, 5.41) is 9.82. The van der Waals surface area contributed by atoms with Crippen LogP contribution in [0.15, 0.2) is 40.1 Å². The van der Waals surface area contributed by atoms with Gasteiger partial charge in [-0.1, -0.05) is 24.3 Å². The molecule has 0 amide bonds. The van der Waals surface area contributed by atoms with Gasteiger partial charge in [-0.3, -0.25) is 18.7 Å². The zero-order valence-electron chi connectivity index (χ0n) is 12.0. The third kappa shape index (κ3) is 2.53. The molecule has 0 aliphatic heterocycles. The minimum atomic E-state index is -5.41. The molecule has 0 heterocycles. The molecule has 1 aliphatic carbocycles. The van der Waals surface area contributed by atoms with Gasteiger partial charge in [0.25, 0.3) is 20.2 Å². The summed E-state index contributed by atoms with van der Waals surface area (Å²) in [4.78, 5) is 22.0. The number of ketones is 2. The summed E-state index contributed by atoms with van der Waals surface area (Å²) < 4.78 is 64.9. The summed E-state index contributed by atoms with van der Waals surface area (Å²) in [6.07, 6.45) is 0. The molecule has 2 aromatic carbocycles. The predicted molar refractivity (Wildman–Crippen MR) is 81.0 cm³/mol. The zero-order valence-corrected chi connectivity index (χ0v) is 13.6. The van der Waals surface area contributed by atoms with E-state index in [0.29, 0.717) is 6.07 Å². The van der Waals surface area contributed by atoms with Crippen LogP contribution in [0.3, 0.4) is 0 Å². The second-order valence-corrected chi connectivity index (χ2v) is 7.85. The van der Waals surface area contributed by atoms with Crippen LogP contribution >= 0.6 is 0 Å². The molecule has 0 bridgehead atoms. The third-order valence-corrected chi connectivity index (χ3v) is 5.60. The fraction of sp³-hybridized carbons (Fsp3) is 0. The molecule has 0 spiro atoms. The average molecular weight is 384 g/mol. The van der Waals surface area contributed by atoms with Crippen molar-refractivity contribution in [3.8, 4) is 5.75 Å². The molecule has 0 unspecified atom stereocenters. The summed E-state index contributed by atoms with van der Waals surface area (Å²) in [5.41, 5.74) is -1.84. The first-order valence-electron chi connectivity index (χ1n) is 6.48. The van der Waals surface area contributed by atoms with Gasteiger partial charge in [0.1, 0.15) is 10.6 Å². The molecule has 0 fully saturated rings. The van der Waals surface area contributed by atoms with Crippen molar-refractivity contribution >= 4 is 31.8 Å². The molecule has 2 aromatic rings. The second-order valence-electron chi connectivity index (χ2n) is 5.13. The standard InChI is InChI=1S/C14H8O9S2/c15-9-5-8-10(14(25(21,22)23)13(9)24(18,19)20)12(17)7-4-2-1-3-6(7)11(8)16/h1-5,15H,(H,18,19,20)(H,21,22,23). The van der Waals surface area contributed by atoms with E-state index in [-0.39, 0.29) is 11.1 Å². The fourth-order valence-electron chi connectivity index (χ4n) is 2.69. The number of benzene rings is 2. The number of fused-ring (bicyclic) bond motifs is 2. The molecule has 0 atom stereocenters. The van der Waals surface area contributed by atoms with E-state index in [9.17, 15) is 40.6 Å². The van der Waals surface area contributed by atoms with Crippen molar-refractivity contribution in [2.75, 3.05) is 0 Å². The highest BCUT2D eigenvalue weighted by atomic mass is 32.2. The Balaban J connectivity index is 2.58. The van der Waals surface area contributed by atoms with Gasteiger partial charge >= 0.3 is 0 Å². The maximum Gasteiger partial charge on any atom is 0.299 e. The number of hydrogen-bond donors (Lipinski definition) is 3. The monoisotopic (exact) mass is 384 g/mol. The Morgan fingerprint density at radius 1 is 0.720 bits per heavy atom.